The van der Waals surface area contributed by atoms with Gasteiger partial charge in [-0.25, -0.2) is 0 Å². The third-order valence-electron chi connectivity index (χ3n) is 5.57. The zero-order valence-electron chi connectivity index (χ0n) is 16.8. The van der Waals surface area contributed by atoms with E-state index in [1.54, 1.807) is 25.2 Å². The molecule has 2 aromatic rings. The highest BCUT2D eigenvalue weighted by molar-refractivity contribution is 6.30. The summed E-state index contributed by atoms with van der Waals surface area (Å²) in [7, 11) is 1.75. The van der Waals surface area contributed by atoms with Crippen molar-refractivity contribution in [3.63, 3.8) is 0 Å². The van der Waals surface area contributed by atoms with Gasteiger partial charge < -0.3 is 4.74 Å². The molecule has 0 heterocycles. The monoisotopic (exact) mass is 434 g/mol. The number of alkyl halides is 3. The van der Waals surface area contributed by atoms with E-state index in [4.69, 9.17) is 16.3 Å². The Kier molecular flexibility index (Phi) is 6.16. The number of ether oxygens (including phenoxy) is 1. The highest BCUT2D eigenvalue weighted by Gasteiger charge is 2.60. The van der Waals surface area contributed by atoms with E-state index in [1.165, 1.54) is 0 Å². The molecule has 3 atom stereocenters. The molecule has 30 heavy (non-hydrogen) atoms. The van der Waals surface area contributed by atoms with Gasteiger partial charge in [-0.1, -0.05) is 61.9 Å². The molecule has 0 N–H and O–H groups in total. The second-order valence-electron chi connectivity index (χ2n) is 7.99. The van der Waals surface area contributed by atoms with Gasteiger partial charge in [-0.2, -0.15) is 18.4 Å². The van der Waals surface area contributed by atoms with Crippen molar-refractivity contribution < 1.29 is 17.9 Å². The minimum atomic E-state index is -4.57. The predicted molar refractivity (Wildman–Crippen MR) is 110 cm³/mol. The number of hydrogen-bond donors (Lipinski definition) is 0. The van der Waals surface area contributed by atoms with Crippen LogP contribution in [0.2, 0.25) is 0 Å². The van der Waals surface area contributed by atoms with Crippen molar-refractivity contribution in [2.45, 2.75) is 32.1 Å². The van der Waals surface area contributed by atoms with Crippen LogP contribution in [0.3, 0.4) is 0 Å². The highest BCUT2D eigenvalue weighted by Crippen LogP contribution is 2.58. The Balaban J connectivity index is 1.81. The number of halogens is 4. The van der Waals surface area contributed by atoms with Gasteiger partial charge in [0.15, 0.2) is 0 Å². The van der Waals surface area contributed by atoms with E-state index >= 15 is 0 Å². The van der Waals surface area contributed by atoms with E-state index in [0.717, 1.165) is 6.08 Å². The van der Waals surface area contributed by atoms with Crippen molar-refractivity contribution in [1.29, 1.82) is 5.26 Å². The van der Waals surface area contributed by atoms with Gasteiger partial charge in [-0.05, 0) is 42.3 Å². The highest BCUT2D eigenvalue weighted by atomic mass is 35.5. The molecule has 1 aliphatic carbocycles. The Morgan fingerprint density at radius 2 is 1.80 bits per heavy atom. The number of para-hydroxylation sites is 1. The molecule has 0 aliphatic heterocycles. The molecule has 2 aromatic carbocycles. The predicted octanol–water partition coefficient (Wildman–Crippen LogP) is 6.68. The first-order valence-electron chi connectivity index (χ1n) is 9.44. The summed E-state index contributed by atoms with van der Waals surface area (Å²) in [5.41, 5.74) is 0.272. The summed E-state index contributed by atoms with van der Waals surface area (Å²) >= 11 is 5.45. The Bertz CT molecular complexity index is 966. The molecule has 3 rings (SSSR count). The van der Waals surface area contributed by atoms with Crippen LogP contribution >= 0.6 is 11.6 Å². The molecular weight excluding hydrogens is 413 g/mol. The number of nitriles is 1. The first-order valence-corrected chi connectivity index (χ1v) is 9.82. The number of hydrogen-bond acceptors (Lipinski definition) is 3. The molecule has 3 nitrogen and oxygen atoms in total. The van der Waals surface area contributed by atoms with Gasteiger partial charge in [0.05, 0.1) is 6.07 Å². The van der Waals surface area contributed by atoms with Gasteiger partial charge in [0, 0.05) is 12.0 Å². The fourth-order valence-corrected chi connectivity index (χ4v) is 4.06. The van der Waals surface area contributed by atoms with Crippen LogP contribution in [0.1, 0.15) is 25.5 Å². The number of rotatable bonds is 6. The van der Waals surface area contributed by atoms with Crippen LogP contribution in [0.4, 0.5) is 13.2 Å². The molecule has 0 bridgehead atoms. The Morgan fingerprint density at radius 1 is 1.17 bits per heavy atom. The van der Waals surface area contributed by atoms with Crippen molar-refractivity contribution in [2.75, 3.05) is 7.05 Å². The lowest BCUT2D eigenvalue weighted by atomic mass is 10.1. The third-order valence-corrected chi connectivity index (χ3v) is 5.91. The second kappa shape index (κ2) is 8.33. The normalized spacial score (nSPS) is 21.8. The Labute approximate surface area is 179 Å². The number of nitrogens with zero attached hydrogens (tertiary/aromatic N) is 2. The summed E-state index contributed by atoms with van der Waals surface area (Å²) in [6.45, 7) is 3.75. The van der Waals surface area contributed by atoms with Crippen LogP contribution in [0.25, 0.3) is 0 Å². The fraction of sp³-hybridized carbons (Fsp3) is 0.348. The number of allylic oxidation sites excluding steroid dienone is 1. The first kappa shape index (κ1) is 22.2. The SMILES string of the molecule is CN(C(C#N)c1cccc(Oc2ccccc2)c1)C1C(C=C(Cl)C(F)(F)F)C1(C)C. The molecule has 0 saturated heterocycles. The van der Waals surface area contributed by atoms with Crippen LogP contribution < -0.4 is 4.74 Å². The van der Waals surface area contributed by atoms with E-state index in [9.17, 15) is 18.4 Å². The van der Waals surface area contributed by atoms with Crippen LogP contribution in [0, 0.1) is 22.7 Å². The van der Waals surface area contributed by atoms with Gasteiger partial charge in [0.1, 0.15) is 22.6 Å². The van der Waals surface area contributed by atoms with Gasteiger partial charge in [-0.15, -0.1) is 0 Å². The van der Waals surface area contributed by atoms with E-state index in [2.05, 4.69) is 6.07 Å². The molecule has 1 saturated carbocycles. The van der Waals surface area contributed by atoms with Crippen molar-refractivity contribution in [3.8, 4) is 17.6 Å². The zero-order valence-corrected chi connectivity index (χ0v) is 17.6. The maximum absolute atomic E-state index is 12.9. The van der Waals surface area contributed by atoms with E-state index in [1.807, 2.05) is 55.1 Å². The van der Waals surface area contributed by atoms with Crippen molar-refractivity contribution in [1.82, 2.24) is 4.90 Å². The molecule has 0 radical (unpaired) electrons. The van der Waals surface area contributed by atoms with Gasteiger partial charge >= 0.3 is 6.18 Å². The van der Waals surface area contributed by atoms with Crippen LogP contribution in [-0.2, 0) is 0 Å². The standard InChI is InChI=1S/C23H22ClF3N2O/c1-22(2)18(13-20(24)23(25,26)27)21(22)29(3)19(14-28)15-8-7-11-17(12-15)30-16-9-5-4-6-10-16/h4-13,18-19,21H,1-3H3. The van der Waals surface area contributed by atoms with Gasteiger partial charge in [-0.3, -0.25) is 4.90 Å². The van der Waals surface area contributed by atoms with E-state index in [0.29, 0.717) is 17.1 Å². The maximum Gasteiger partial charge on any atom is 0.426 e. The van der Waals surface area contributed by atoms with Crippen molar-refractivity contribution in [2.24, 2.45) is 11.3 Å². The maximum atomic E-state index is 12.9. The van der Waals surface area contributed by atoms with Crippen LogP contribution in [0.15, 0.2) is 65.7 Å². The van der Waals surface area contributed by atoms with Gasteiger partial charge in [0.2, 0.25) is 0 Å². The lowest BCUT2D eigenvalue weighted by Crippen LogP contribution is -2.29. The summed E-state index contributed by atoms with van der Waals surface area (Å²) in [6, 6.07) is 17.8. The van der Waals surface area contributed by atoms with E-state index in [-0.39, 0.29) is 6.04 Å². The minimum absolute atomic E-state index is 0.253. The molecule has 158 valence electrons. The quantitative estimate of drug-likeness (QED) is 0.508. The average Bonchev–Trinajstić information content (AvgIpc) is 3.22. The minimum Gasteiger partial charge on any atom is -0.457 e. The smallest absolute Gasteiger partial charge is 0.426 e. The summed E-state index contributed by atoms with van der Waals surface area (Å²) < 4.78 is 44.4. The average molecular weight is 435 g/mol. The van der Waals surface area contributed by atoms with Crippen molar-refractivity contribution in [3.05, 3.63) is 71.3 Å². The lowest BCUT2D eigenvalue weighted by Gasteiger charge is -2.25. The summed E-state index contributed by atoms with van der Waals surface area (Å²) in [5, 5.41) is 8.70. The Morgan fingerprint density at radius 3 is 2.40 bits per heavy atom. The lowest BCUT2D eigenvalue weighted by molar-refractivity contribution is -0.0848. The van der Waals surface area contributed by atoms with E-state index < -0.39 is 28.6 Å². The van der Waals surface area contributed by atoms with Gasteiger partial charge in [0.25, 0.3) is 0 Å². The summed E-state index contributed by atoms with van der Waals surface area (Å²) in [4.78, 5) is 1.81. The molecule has 0 amide bonds. The zero-order chi connectivity index (χ0) is 22.1. The summed E-state index contributed by atoms with van der Waals surface area (Å²) in [5.74, 6) is 0.849. The fourth-order valence-electron chi connectivity index (χ4n) is 3.92. The molecule has 1 aliphatic rings. The summed E-state index contributed by atoms with van der Waals surface area (Å²) in [6.07, 6.45) is -3.51. The molecular formula is C23H22ClF3N2O. The third kappa shape index (κ3) is 4.63. The van der Waals surface area contributed by atoms with Crippen LogP contribution in [-0.4, -0.2) is 24.2 Å². The van der Waals surface area contributed by atoms with Crippen LogP contribution in [0.5, 0.6) is 11.5 Å². The molecule has 0 aromatic heterocycles. The topological polar surface area (TPSA) is 36.3 Å². The molecule has 7 heteroatoms. The number of benzene rings is 2. The molecule has 0 spiro atoms. The van der Waals surface area contributed by atoms with Crippen molar-refractivity contribution >= 4 is 11.6 Å². The Hall–Kier alpha value is -2.49. The first-order chi connectivity index (χ1) is 14.1. The molecule has 1 fully saturated rings. The second-order valence-corrected chi connectivity index (χ2v) is 8.40. The molecule has 3 unspecified atom stereocenters. The largest absolute Gasteiger partial charge is 0.457 e.